The molecule has 1 aromatic rings. The van der Waals surface area contributed by atoms with Crippen LogP contribution < -0.4 is 10.5 Å². The molecule has 0 aromatic heterocycles. The van der Waals surface area contributed by atoms with Crippen molar-refractivity contribution in [1.29, 1.82) is 0 Å². The van der Waals surface area contributed by atoms with Gasteiger partial charge in [0.25, 0.3) is 0 Å². The third kappa shape index (κ3) is 6.65. The van der Waals surface area contributed by atoms with Crippen molar-refractivity contribution in [2.45, 2.75) is 52.5 Å². The van der Waals surface area contributed by atoms with Gasteiger partial charge in [0.2, 0.25) is 0 Å². The monoisotopic (exact) mass is 249 g/mol. The summed E-state index contributed by atoms with van der Waals surface area (Å²) in [5.74, 6) is 1.73. The van der Waals surface area contributed by atoms with Crippen LogP contribution in [0.15, 0.2) is 24.3 Å². The van der Waals surface area contributed by atoms with Crippen molar-refractivity contribution in [1.82, 2.24) is 0 Å². The summed E-state index contributed by atoms with van der Waals surface area (Å²) < 4.78 is 5.71. The predicted molar refractivity (Wildman–Crippen MR) is 78.0 cm³/mol. The van der Waals surface area contributed by atoms with Crippen LogP contribution in [0.3, 0.4) is 0 Å². The van der Waals surface area contributed by atoms with Crippen molar-refractivity contribution >= 4 is 0 Å². The Bertz CT molecular complexity index is 316. The molecule has 2 N–H and O–H groups in total. The Morgan fingerprint density at radius 1 is 1.06 bits per heavy atom. The summed E-state index contributed by atoms with van der Waals surface area (Å²) in [6.45, 7) is 7.35. The van der Waals surface area contributed by atoms with E-state index in [-0.39, 0.29) is 6.04 Å². The molecule has 0 radical (unpaired) electrons. The Labute approximate surface area is 112 Å². The highest BCUT2D eigenvalue weighted by Crippen LogP contribution is 2.14. The average Bonchev–Trinajstić information content (AvgIpc) is 2.33. The first-order valence-electron chi connectivity index (χ1n) is 7.05. The van der Waals surface area contributed by atoms with Gasteiger partial charge in [-0.05, 0) is 56.2 Å². The maximum Gasteiger partial charge on any atom is 0.119 e. The van der Waals surface area contributed by atoms with Crippen LogP contribution in [-0.4, -0.2) is 12.6 Å². The van der Waals surface area contributed by atoms with Crippen molar-refractivity contribution in [2.24, 2.45) is 11.7 Å². The van der Waals surface area contributed by atoms with Crippen molar-refractivity contribution in [2.75, 3.05) is 6.61 Å². The number of nitrogens with two attached hydrogens (primary N) is 1. The Balaban J connectivity index is 2.27. The fourth-order valence-corrected chi connectivity index (χ4v) is 1.83. The molecular formula is C16H27NO. The lowest BCUT2D eigenvalue weighted by Gasteiger charge is -2.09. The molecular weight excluding hydrogens is 222 g/mol. The van der Waals surface area contributed by atoms with Gasteiger partial charge in [0.1, 0.15) is 5.75 Å². The lowest BCUT2D eigenvalue weighted by atomic mass is 10.1. The Morgan fingerprint density at radius 3 is 2.28 bits per heavy atom. The zero-order valence-corrected chi connectivity index (χ0v) is 12.0. The van der Waals surface area contributed by atoms with Crippen LogP contribution in [0.4, 0.5) is 0 Å². The number of aryl methyl sites for hydroxylation is 1. The Morgan fingerprint density at radius 2 is 1.72 bits per heavy atom. The van der Waals surface area contributed by atoms with E-state index in [2.05, 4.69) is 38.1 Å². The van der Waals surface area contributed by atoms with Gasteiger partial charge in [-0.3, -0.25) is 0 Å². The molecule has 18 heavy (non-hydrogen) atoms. The molecule has 0 spiro atoms. The molecule has 1 rings (SSSR count). The molecule has 1 unspecified atom stereocenters. The molecule has 0 heterocycles. The van der Waals surface area contributed by atoms with Crippen molar-refractivity contribution in [3.8, 4) is 5.75 Å². The van der Waals surface area contributed by atoms with E-state index < -0.39 is 0 Å². The first kappa shape index (κ1) is 15.0. The quantitative estimate of drug-likeness (QED) is 0.712. The van der Waals surface area contributed by atoms with E-state index in [1.165, 1.54) is 12.0 Å². The van der Waals surface area contributed by atoms with E-state index in [1.54, 1.807) is 0 Å². The molecule has 1 atom stereocenters. The summed E-state index contributed by atoms with van der Waals surface area (Å²) >= 11 is 0. The minimum Gasteiger partial charge on any atom is -0.494 e. The maximum atomic E-state index is 5.75. The van der Waals surface area contributed by atoms with Crippen LogP contribution in [0.1, 0.15) is 45.6 Å². The summed E-state index contributed by atoms with van der Waals surface area (Å²) in [7, 11) is 0. The molecule has 0 aliphatic heterocycles. The smallest absolute Gasteiger partial charge is 0.119 e. The number of rotatable bonds is 8. The zero-order chi connectivity index (χ0) is 13.4. The predicted octanol–water partition coefficient (Wildman–Crippen LogP) is 3.78. The molecule has 1 aromatic carbocycles. The Kier molecular flexibility index (Phi) is 6.81. The molecule has 2 nitrogen and oxygen atoms in total. The molecule has 0 bridgehead atoms. The van der Waals surface area contributed by atoms with Crippen LogP contribution in [0.2, 0.25) is 0 Å². The van der Waals surface area contributed by atoms with Gasteiger partial charge in [-0.15, -0.1) is 0 Å². The minimum atomic E-state index is 0.275. The van der Waals surface area contributed by atoms with Gasteiger partial charge in [-0.2, -0.15) is 0 Å². The van der Waals surface area contributed by atoms with Gasteiger partial charge < -0.3 is 10.5 Å². The number of ether oxygens (including phenoxy) is 1. The molecule has 0 amide bonds. The van der Waals surface area contributed by atoms with E-state index in [4.69, 9.17) is 10.5 Å². The van der Waals surface area contributed by atoms with Crippen LogP contribution in [0, 0.1) is 5.92 Å². The second kappa shape index (κ2) is 8.15. The highest BCUT2D eigenvalue weighted by atomic mass is 16.5. The standard InChI is InChI=1S/C16H27NO/c1-13(2)5-4-12-18-16-10-8-15(9-11-16)7-6-14(3)17/h8-11,13-14H,4-7,12,17H2,1-3H3. The van der Waals surface area contributed by atoms with E-state index >= 15 is 0 Å². The SMILES string of the molecule is CC(C)CCCOc1ccc(CCC(C)N)cc1. The number of hydrogen-bond donors (Lipinski definition) is 1. The highest BCUT2D eigenvalue weighted by Gasteiger charge is 1.99. The summed E-state index contributed by atoms with van der Waals surface area (Å²) in [5, 5.41) is 0. The first-order valence-corrected chi connectivity index (χ1v) is 7.05. The van der Waals surface area contributed by atoms with Crippen molar-refractivity contribution < 1.29 is 4.74 Å². The molecule has 0 saturated carbocycles. The molecule has 0 saturated heterocycles. The first-order chi connectivity index (χ1) is 8.58. The van der Waals surface area contributed by atoms with Gasteiger partial charge in [0.05, 0.1) is 6.61 Å². The zero-order valence-electron chi connectivity index (χ0n) is 12.0. The highest BCUT2D eigenvalue weighted by molar-refractivity contribution is 5.27. The summed E-state index contributed by atoms with van der Waals surface area (Å²) in [5.41, 5.74) is 7.09. The van der Waals surface area contributed by atoms with E-state index in [1.807, 2.05) is 6.92 Å². The minimum absolute atomic E-state index is 0.275. The van der Waals surface area contributed by atoms with Crippen LogP contribution in [0.5, 0.6) is 5.75 Å². The largest absolute Gasteiger partial charge is 0.494 e. The fraction of sp³-hybridized carbons (Fsp3) is 0.625. The maximum absolute atomic E-state index is 5.75. The molecule has 102 valence electrons. The van der Waals surface area contributed by atoms with Crippen LogP contribution >= 0.6 is 0 Å². The van der Waals surface area contributed by atoms with Crippen molar-refractivity contribution in [3.05, 3.63) is 29.8 Å². The normalized spacial score (nSPS) is 12.7. The average molecular weight is 249 g/mol. The topological polar surface area (TPSA) is 35.2 Å². The van der Waals surface area contributed by atoms with Gasteiger partial charge in [-0.25, -0.2) is 0 Å². The lowest BCUT2D eigenvalue weighted by Crippen LogP contribution is -2.15. The summed E-state index contributed by atoms with van der Waals surface area (Å²) in [4.78, 5) is 0. The lowest BCUT2D eigenvalue weighted by molar-refractivity contribution is 0.297. The van der Waals surface area contributed by atoms with Crippen LogP contribution in [0.25, 0.3) is 0 Å². The van der Waals surface area contributed by atoms with Crippen molar-refractivity contribution in [3.63, 3.8) is 0 Å². The van der Waals surface area contributed by atoms with Crippen LogP contribution in [-0.2, 0) is 6.42 Å². The number of benzene rings is 1. The second-order valence-corrected chi connectivity index (χ2v) is 5.54. The van der Waals surface area contributed by atoms with Gasteiger partial charge in [0, 0.05) is 6.04 Å². The number of hydrogen-bond acceptors (Lipinski definition) is 2. The van der Waals surface area contributed by atoms with Gasteiger partial charge in [0.15, 0.2) is 0 Å². The summed E-state index contributed by atoms with van der Waals surface area (Å²) in [6, 6.07) is 8.68. The van der Waals surface area contributed by atoms with E-state index in [0.29, 0.717) is 0 Å². The van der Waals surface area contributed by atoms with E-state index in [0.717, 1.165) is 37.5 Å². The third-order valence-electron chi connectivity index (χ3n) is 3.01. The molecule has 0 aliphatic carbocycles. The molecule has 2 heteroatoms. The van der Waals surface area contributed by atoms with Gasteiger partial charge >= 0.3 is 0 Å². The fourth-order valence-electron chi connectivity index (χ4n) is 1.83. The van der Waals surface area contributed by atoms with E-state index in [9.17, 15) is 0 Å². The molecule has 0 aliphatic rings. The summed E-state index contributed by atoms with van der Waals surface area (Å²) in [6.07, 6.45) is 4.44. The molecule has 0 fully saturated rings. The third-order valence-corrected chi connectivity index (χ3v) is 3.01. The Hall–Kier alpha value is -1.02. The van der Waals surface area contributed by atoms with Gasteiger partial charge in [-0.1, -0.05) is 26.0 Å². The second-order valence-electron chi connectivity index (χ2n) is 5.54.